The van der Waals surface area contributed by atoms with Gasteiger partial charge >= 0.3 is 5.97 Å². The highest BCUT2D eigenvalue weighted by atomic mass is 16.4. The largest absolute Gasteiger partial charge is 0.480 e. The fraction of sp³-hybridized carbons (Fsp3) is 0.889. The molecule has 0 aliphatic rings. The third kappa shape index (κ3) is 3.72. The molecule has 0 unspecified atom stereocenters. The summed E-state index contributed by atoms with van der Waals surface area (Å²) in [5.41, 5.74) is 0.129. The lowest BCUT2D eigenvalue weighted by Crippen LogP contribution is -2.41. The summed E-state index contributed by atoms with van der Waals surface area (Å²) in [6, 6.07) is 0.272. The molecule has 0 rings (SSSR count). The number of hydrogen-bond donors (Lipinski definition) is 1. The maximum atomic E-state index is 10.4. The van der Waals surface area contributed by atoms with Crippen LogP contribution in [0.5, 0.6) is 0 Å². The van der Waals surface area contributed by atoms with Crippen LogP contribution < -0.4 is 0 Å². The van der Waals surface area contributed by atoms with Crippen LogP contribution in [-0.2, 0) is 4.79 Å². The van der Waals surface area contributed by atoms with Crippen molar-refractivity contribution >= 4 is 5.97 Å². The highest BCUT2D eigenvalue weighted by Crippen LogP contribution is 2.22. The van der Waals surface area contributed by atoms with Gasteiger partial charge in [0.25, 0.3) is 0 Å². The molecule has 0 radical (unpaired) electrons. The van der Waals surface area contributed by atoms with E-state index in [9.17, 15) is 4.79 Å². The van der Waals surface area contributed by atoms with E-state index in [1.54, 1.807) is 0 Å². The Labute approximate surface area is 74.4 Å². The van der Waals surface area contributed by atoms with Crippen LogP contribution in [0.1, 0.15) is 27.7 Å². The maximum Gasteiger partial charge on any atom is 0.317 e. The summed E-state index contributed by atoms with van der Waals surface area (Å²) in [5, 5.41) is 8.56. The number of carbonyl (C=O) groups is 1. The first-order valence-electron chi connectivity index (χ1n) is 4.17. The summed E-state index contributed by atoms with van der Waals surface area (Å²) in [4.78, 5) is 12.2. The number of carboxylic acids is 1. The second-order valence-corrected chi connectivity index (χ2v) is 4.35. The van der Waals surface area contributed by atoms with E-state index < -0.39 is 5.97 Å². The molecule has 0 saturated heterocycles. The summed E-state index contributed by atoms with van der Waals surface area (Å²) in [6.07, 6.45) is 0. The van der Waals surface area contributed by atoms with Crippen LogP contribution in [0, 0.1) is 5.41 Å². The topological polar surface area (TPSA) is 40.5 Å². The SMILES string of the molecule is C[C@H](N(C)CC(=O)O)C(C)(C)C. The molecule has 0 bridgehead atoms. The third-order valence-electron chi connectivity index (χ3n) is 2.30. The summed E-state index contributed by atoms with van der Waals surface area (Å²) >= 11 is 0. The van der Waals surface area contributed by atoms with Crippen LogP contribution in [0.3, 0.4) is 0 Å². The minimum absolute atomic E-state index is 0.110. The standard InChI is InChI=1S/C9H19NO2/c1-7(9(2,3)4)10(5)6-8(11)12/h7H,6H2,1-5H3,(H,11,12)/t7-/m0/s1. The van der Waals surface area contributed by atoms with Crippen molar-refractivity contribution in [3.05, 3.63) is 0 Å². The van der Waals surface area contributed by atoms with E-state index in [0.29, 0.717) is 0 Å². The molecule has 72 valence electrons. The lowest BCUT2D eigenvalue weighted by Gasteiger charge is -2.34. The van der Waals surface area contributed by atoms with Gasteiger partial charge in [-0.05, 0) is 19.4 Å². The number of hydrogen-bond acceptors (Lipinski definition) is 2. The fourth-order valence-corrected chi connectivity index (χ4v) is 1.01. The molecular formula is C9H19NO2. The number of rotatable bonds is 3. The van der Waals surface area contributed by atoms with Gasteiger partial charge in [-0.1, -0.05) is 20.8 Å². The zero-order valence-electron chi connectivity index (χ0n) is 8.59. The minimum Gasteiger partial charge on any atom is -0.480 e. The molecule has 1 atom stereocenters. The van der Waals surface area contributed by atoms with Gasteiger partial charge in [0.2, 0.25) is 0 Å². The van der Waals surface area contributed by atoms with Crippen molar-refractivity contribution in [2.24, 2.45) is 5.41 Å². The summed E-state index contributed by atoms with van der Waals surface area (Å²) in [6.45, 7) is 8.48. The van der Waals surface area contributed by atoms with Crippen LogP contribution in [0.4, 0.5) is 0 Å². The molecule has 12 heavy (non-hydrogen) atoms. The third-order valence-corrected chi connectivity index (χ3v) is 2.30. The van der Waals surface area contributed by atoms with Gasteiger partial charge < -0.3 is 5.11 Å². The van der Waals surface area contributed by atoms with Crippen molar-refractivity contribution in [3.8, 4) is 0 Å². The second-order valence-electron chi connectivity index (χ2n) is 4.35. The van der Waals surface area contributed by atoms with E-state index >= 15 is 0 Å². The molecule has 1 N–H and O–H groups in total. The van der Waals surface area contributed by atoms with Crippen LogP contribution in [0.15, 0.2) is 0 Å². The van der Waals surface area contributed by atoms with E-state index in [1.807, 2.05) is 18.9 Å². The highest BCUT2D eigenvalue weighted by molar-refractivity contribution is 5.69. The van der Waals surface area contributed by atoms with Gasteiger partial charge in [-0.25, -0.2) is 0 Å². The highest BCUT2D eigenvalue weighted by Gasteiger charge is 2.24. The molecule has 0 aromatic heterocycles. The molecule has 0 fully saturated rings. The predicted octanol–water partition coefficient (Wildman–Crippen LogP) is 1.44. The van der Waals surface area contributed by atoms with Gasteiger partial charge in [0.1, 0.15) is 0 Å². The van der Waals surface area contributed by atoms with Crippen molar-refractivity contribution in [2.45, 2.75) is 33.7 Å². The normalized spacial score (nSPS) is 14.8. The lowest BCUT2D eigenvalue weighted by molar-refractivity contribution is -0.138. The Kier molecular flexibility index (Phi) is 3.71. The van der Waals surface area contributed by atoms with Crippen LogP contribution in [-0.4, -0.2) is 35.6 Å². The molecule has 3 nitrogen and oxygen atoms in total. The Morgan fingerprint density at radius 2 is 1.92 bits per heavy atom. The number of carboxylic acid groups (broad SMARTS) is 1. The molecule has 0 amide bonds. The zero-order chi connectivity index (χ0) is 9.94. The zero-order valence-corrected chi connectivity index (χ0v) is 8.59. The quantitative estimate of drug-likeness (QED) is 0.702. The van der Waals surface area contributed by atoms with Crippen molar-refractivity contribution < 1.29 is 9.90 Å². The Morgan fingerprint density at radius 3 is 2.17 bits per heavy atom. The molecule has 0 aromatic rings. The van der Waals surface area contributed by atoms with Crippen molar-refractivity contribution in [2.75, 3.05) is 13.6 Å². The van der Waals surface area contributed by atoms with Gasteiger partial charge in [-0.2, -0.15) is 0 Å². The lowest BCUT2D eigenvalue weighted by atomic mass is 9.87. The van der Waals surface area contributed by atoms with E-state index in [2.05, 4.69) is 20.8 Å². The van der Waals surface area contributed by atoms with E-state index in [4.69, 9.17) is 5.11 Å². The second kappa shape index (κ2) is 3.90. The van der Waals surface area contributed by atoms with Gasteiger partial charge in [-0.3, -0.25) is 9.69 Å². The first kappa shape index (κ1) is 11.4. The molecule has 3 heteroatoms. The summed E-state index contributed by atoms with van der Waals surface area (Å²) in [5.74, 6) is -0.770. The van der Waals surface area contributed by atoms with Gasteiger partial charge in [0.15, 0.2) is 0 Å². The van der Waals surface area contributed by atoms with Crippen LogP contribution in [0.25, 0.3) is 0 Å². The van der Waals surface area contributed by atoms with Crippen molar-refractivity contribution in [1.29, 1.82) is 0 Å². The molecule has 0 saturated carbocycles. The molecule has 0 heterocycles. The summed E-state index contributed by atoms with van der Waals surface area (Å²) in [7, 11) is 1.84. The smallest absolute Gasteiger partial charge is 0.317 e. The van der Waals surface area contributed by atoms with Crippen molar-refractivity contribution in [1.82, 2.24) is 4.90 Å². The Morgan fingerprint density at radius 1 is 1.50 bits per heavy atom. The van der Waals surface area contributed by atoms with Gasteiger partial charge in [-0.15, -0.1) is 0 Å². The monoisotopic (exact) mass is 173 g/mol. The first-order valence-corrected chi connectivity index (χ1v) is 4.17. The fourth-order valence-electron chi connectivity index (χ4n) is 1.01. The predicted molar refractivity (Wildman–Crippen MR) is 49.2 cm³/mol. The molecule has 0 aliphatic carbocycles. The van der Waals surface area contributed by atoms with E-state index in [-0.39, 0.29) is 18.0 Å². The van der Waals surface area contributed by atoms with Crippen molar-refractivity contribution in [3.63, 3.8) is 0 Å². The minimum atomic E-state index is -0.770. The number of likely N-dealkylation sites (N-methyl/N-ethyl adjacent to an activating group) is 1. The van der Waals surface area contributed by atoms with E-state index in [0.717, 1.165) is 0 Å². The van der Waals surface area contributed by atoms with Gasteiger partial charge in [0.05, 0.1) is 6.54 Å². The molecule has 0 spiro atoms. The Hall–Kier alpha value is -0.570. The molecule has 0 aliphatic heterocycles. The Bertz CT molecular complexity index is 160. The Balaban J connectivity index is 4.10. The van der Waals surface area contributed by atoms with Gasteiger partial charge in [0, 0.05) is 6.04 Å². The average Bonchev–Trinajstić information content (AvgIpc) is 1.82. The first-order chi connectivity index (χ1) is 5.25. The van der Waals surface area contributed by atoms with Crippen LogP contribution in [0.2, 0.25) is 0 Å². The van der Waals surface area contributed by atoms with Crippen LogP contribution >= 0.6 is 0 Å². The average molecular weight is 173 g/mol. The van der Waals surface area contributed by atoms with E-state index in [1.165, 1.54) is 0 Å². The maximum absolute atomic E-state index is 10.4. The number of aliphatic carboxylic acids is 1. The molecule has 0 aromatic carbocycles. The summed E-state index contributed by atoms with van der Waals surface area (Å²) < 4.78 is 0. The number of nitrogens with zero attached hydrogens (tertiary/aromatic N) is 1. The molecular weight excluding hydrogens is 154 g/mol.